The highest BCUT2D eigenvalue weighted by Crippen LogP contribution is 2.35. The van der Waals surface area contributed by atoms with Crippen molar-refractivity contribution < 1.29 is 4.79 Å². The number of benzene rings is 2. The van der Waals surface area contributed by atoms with Crippen molar-refractivity contribution in [2.75, 3.05) is 0 Å². The molecule has 2 heteroatoms. The molecule has 1 aliphatic carbocycles. The molecule has 2 nitrogen and oxygen atoms in total. The summed E-state index contributed by atoms with van der Waals surface area (Å²) in [6.45, 7) is 2.00. The van der Waals surface area contributed by atoms with Crippen LogP contribution in [0.4, 0.5) is 0 Å². The van der Waals surface area contributed by atoms with E-state index >= 15 is 0 Å². The van der Waals surface area contributed by atoms with Crippen molar-refractivity contribution in [1.82, 2.24) is 4.57 Å². The predicted octanol–water partition coefficient (Wildman–Crippen LogP) is 5.30. The van der Waals surface area contributed by atoms with E-state index < -0.39 is 0 Å². The van der Waals surface area contributed by atoms with Crippen molar-refractivity contribution in [3.05, 3.63) is 71.4 Å². The van der Waals surface area contributed by atoms with E-state index in [-0.39, 0.29) is 5.78 Å². The van der Waals surface area contributed by atoms with Crippen molar-refractivity contribution in [1.29, 1.82) is 0 Å². The molecular formula is C21H21NO. The Kier molecular flexibility index (Phi) is 3.53. The Morgan fingerprint density at radius 2 is 1.65 bits per heavy atom. The molecule has 116 valence electrons. The highest BCUT2D eigenvalue weighted by atomic mass is 16.1. The SMILES string of the molecule is Cc1ccccc1C(=O)c1cn(C2CCCC2)c2ccccc12. The van der Waals surface area contributed by atoms with Gasteiger partial charge in [0.2, 0.25) is 0 Å². The third kappa shape index (κ3) is 2.39. The van der Waals surface area contributed by atoms with Gasteiger partial charge in [-0.3, -0.25) is 4.79 Å². The summed E-state index contributed by atoms with van der Waals surface area (Å²) in [5, 5.41) is 1.08. The van der Waals surface area contributed by atoms with Gasteiger partial charge >= 0.3 is 0 Å². The van der Waals surface area contributed by atoms with Crippen molar-refractivity contribution >= 4 is 16.7 Å². The van der Waals surface area contributed by atoms with Gasteiger partial charge in [-0.1, -0.05) is 55.3 Å². The molecule has 0 amide bonds. The number of carbonyl (C=O) groups excluding carboxylic acids is 1. The van der Waals surface area contributed by atoms with Gasteiger partial charge in [0.15, 0.2) is 5.78 Å². The van der Waals surface area contributed by atoms with Gasteiger partial charge in [0, 0.05) is 34.3 Å². The third-order valence-electron chi connectivity index (χ3n) is 5.09. The zero-order valence-corrected chi connectivity index (χ0v) is 13.5. The number of ketones is 1. The number of hydrogen-bond donors (Lipinski definition) is 0. The Morgan fingerprint density at radius 1 is 0.957 bits per heavy atom. The van der Waals surface area contributed by atoms with E-state index in [1.807, 2.05) is 37.3 Å². The van der Waals surface area contributed by atoms with E-state index in [9.17, 15) is 4.79 Å². The fraction of sp³-hybridized carbons (Fsp3) is 0.286. The molecule has 1 heterocycles. The van der Waals surface area contributed by atoms with Crippen LogP contribution in [0, 0.1) is 6.92 Å². The largest absolute Gasteiger partial charge is 0.344 e. The summed E-state index contributed by atoms with van der Waals surface area (Å²) >= 11 is 0. The van der Waals surface area contributed by atoms with Gasteiger partial charge in [-0.25, -0.2) is 0 Å². The van der Waals surface area contributed by atoms with Crippen LogP contribution in [0.25, 0.3) is 10.9 Å². The van der Waals surface area contributed by atoms with Crippen LogP contribution in [-0.4, -0.2) is 10.4 Å². The highest BCUT2D eigenvalue weighted by Gasteiger charge is 2.23. The Labute approximate surface area is 136 Å². The molecule has 0 spiro atoms. The van der Waals surface area contributed by atoms with Crippen LogP contribution in [0.1, 0.15) is 53.2 Å². The van der Waals surface area contributed by atoms with Crippen LogP contribution in [0.5, 0.6) is 0 Å². The summed E-state index contributed by atoms with van der Waals surface area (Å²) in [5.41, 5.74) is 3.87. The number of nitrogens with zero attached hydrogens (tertiary/aromatic N) is 1. The van der Waals surface area contributed by atoms with E-state index in [1.165, 1.54) is 31.2 Å². The molecule has 2 aromatic carbocycles. The van der Waals surface area contributed by atoms with Crippen LogP contribution in [0.3, 0.4) is 0 Å². The zero-order chi connectivity index (χ0) is 15.8. The first-order valence-corrected chi connectivity index (χ1v) is 8.45. The fourth-order valence-corrected chi connectivity index (χ4v) is 3.84. The average molecular weight is 303 g/mol. The zero-order valence-electron chi connectivity index (χ0n) is 13.5. The molecule has 1 saturated carbocycles. The minimum atomic E-state index is 0.135. The number of aromatic nitrogens is 1. The second kappa shape index (κ2) is 5.69. The van der Waals surface area contributed by atoms with E-state index in [1.54, 1.807) is 0 Å². The minimum absolute atomic E-state index is 0.135. The highest BCUT2D eigenvalue weighted by molar-refractivity contribution is 6.17. The number of carbonyl (C=O) groups is 1. The Morgan fingerprint density at radius 3 is 2.43 bits per heavy atom. The number of aryl methyl sites for hydroxylation is 1. The molecule has 23 heavy (non-hydrogen) atoms. The molecule has 1 fully saturated rings. The maximum Gasteiger partial charge on any atom is 0.195 e. The Hall–Kier alpha value is -2.35. The molecule has 0 unspecified atom stereocenters. The third-order valence-corrected chi connectivity index (χ3v) is 5.09. The molecule has 1 aliphatic rings. The summed E-state index contributed by atoms with van der Waals surface area (Å²) in [6.07, 6.45) is 7.11. The first kappa shape index (κ1) is 14.3. The smallest absolute Gasteiger partial charge is 0.195 e. The minimum Gasteiger partial charge on any atom is -0.344 e. The van der Waals surface area contributed by atoms with Gasteiger partial charge in [-0.2, -0.15) is 0 Å². The van der Waals surface area contributed by atoms with Gasteiger partial charge in [-0.15, -0.1) is 0 Å². The quantitative estimate of drug-likeness (QED) is 0.602. The molecule has 0 aliphatic heterocycles. The first-order valence-electron chi connectivity index (χ1n) is 8.45. The van der Waals surface area contributed by atoms with E-state index in [0.29, 0.717) is 6.04 Å². The maximum atomic E-state index is 13.1. The van der Waals surface area contributed by atoms with Gasteiger partial charge in [0.05, 0.1) is 0 Å². The molecule has 4 rings (SSSR count). The number of hydrogen-bond acceptors (Lipinski definition) is 1. The molecule has 0 N–H and O–H groups in total. The molecule has 1 aromatic heterocycles. The molecule has 0 radical (unpaired) electrons. The van der Waals surface area contributed by atoms with E-state index in [4.69, 9.17) is 0 Å². The van der Waals surface area contributed by atoms with Crippen LogP contribution in [0.15, 0.2) is 54.7 Å². The molecule has 0 bridgehead atoms. The number of fused-ring (bicyclic) bond motifs is 1. The number of para-hydroxylation sites is 1. The van der Waals surface area contributed by atoms with Crippen LogP contribution < -0.4 is 0 Å². The lowest BCUT2D eigenvalue weighted by Crippen LogP contribution is -2.05. The molecule has 0 saturated heterocycles. The molecule has 0 atom stereocenters. The fourth-order valence-electron chi connectivity index (χ4n) is 3.84. The average Bonchev–Trinajstić information content (AvgIpc) is 3.22. The normalized spacial score (nSPS) is 15.3. The standard InChI is InChI=1S/C21H21NO/c1-15-8-2-5-11-17(15)21(23)19-14-22(16-9-3-4-10-16)20-13-7-6-12-18(19)20/h2,5-8,11-14,16H,3-4,9-10H2,1H3. The van der Waals surface area contributed by atoms with Gasteiger partial charge in [0.25, 0.3) is 0 Å². The first-order chi connectivity index (χ1) is 11.3. The van der Waals surface area contributed by atoms with Crippen molar-refractivity contribution in [3.63, 3.8) is 0 Å². The second-order valence-electron chi connectivity index (χ2n) is 6.55. The van der Waals surface area contributed by atoms with Crippen molar-refractivity contribution in [3.8, 4) is 0 Å². The Balaban J connectivity index is 1.87. The lowest BCUT2D eigenvalue weighted by molar-refractivity contribution is 0.103. The van der Waals surface area contributed by atoms with Gasteiger partial charge < -0.3 is 4.57 Å². The molecular weight excluding hydrogens is 282 g/mol. The van der Waals surface area contributed by atoms with Gasteiger partial charge in [0.1, 0.15) is 0 Å². The van der Waals surface area contributed by atoms with Crippen LogP contribution in [0.2, 0.25) is 0 Å². The maximum absolute atomic E-state index is 13.1. The second-order valence-corrected chi connectivity index (χ2v) is 6.55. The lowest BCUT2D eigenvalue weighted by Gasteiger charge is -2.12. The lowest BCUT2D eigenvalue weighted by atomic mass is 9.99. The van der Waals surface area contributed by atoms with E-state index in [0.717, 1.165) is 22.1 Å². The predicted molar refractivity (Wildman–Crippen MR) is 94.1 cm³/mol. The number of rotatable bonds is 3. The molecule has 3 aromatic rings. The van der Waals surface area contributed by atoms with Crippen LogP contribution in [-0.2, 0) is 0 Å². The summed E-state index contributed by atoms with van der Waals surface area (Å²) in [6, 6.07) is 16.7. The monoisotopic (exact) mass is 303 g/mol. The van der Waals surface area contributed by atoms with Crippen LogP contribution >= 0.6 is 0 Å². The summed E-state index contributed by atoms with van der Waals surface area (Å²) in [5.74, 6) is 0.135. The Bertz CT molecular complexity index is 868. The summed E-state index contributed by atoms with van der Waals surface area (Å²) in [7, 11) is 0. The van der Waals surface area contributed by atoms with Crippen molar-refractivity contribution in [2.45, 2.75) is 38.6 Å². The summed E-state index contributed by atoms with van der Waals surface area (Å²) < 4.78 is 2.34. The van der Waals surface area contributed by atoms with Gasteiger partial charge in [-0.05, 0) is 31.4 Å². The van der Waals surface area contributed by atoms with E-state index in [2.05, 4.69) is 29.0 Å². The summed E-state index contributed by atoms with van der Waals surface area (Å²) in [4.78, 5) is 13.1. The topological polar surface area (TPSA) is 22.0 Å². The van der Waals surface area contributed by atoms with Crippen molar-refractivity contribution in [2.24, 2.45) is 0 Å².